The molecule has 0 atom stereocenters. The molecule has 0 fully saturated rings. The van der Waals surface area contributed by atoms with Gasteiger partial charge >= 0.3 is 0 Å². The molecule has 0 amide bonds. The number of benzene rings is 1. The first-order valence-electron chi connectivity index (χ1n) is 3.72. The van der Waals surface area contributed by atoms with Crippen molar-refractivity contribution >= 4 is 31.9 Å². The van der Waals surface area contributed by atoms with Crippen molar-refractivity contribution in [2.75, 3.05) is 6.61 Å². The number of halogens is 2. The highest BCUT2D eigenvalue weighted by molar-refractivity contribution is 9.10. The van der Waals surface area contributed by atoms with Gasteiger partial charge in [-0.3, -0.25) is 0 Å². The Balaban J connectivity index is 2.91. The SMILES string of the molecule is OCCc1cc(CBr)ccc1Br. The summed E-state index contributed by atoms with van der Waals surface area (Å²) in [5, 5.41) is 9.64. The standard InChI is InChI=1S/C9H10Br2O/c10-6-7-1-2-9(11)8(5-7)3-4-12/h1-2,5,12H,3-4,6H2. The van der Waals surface area contributed by atoms with E-state index in [4.69, 9.17) is 5.11 Å². The number of alkyl halides is 1. The van der Waals surface area contributed by atoms with Gasteiger partial charge in [0.2, 0.25) is 0 Å². The number of hydrogen-bond acceptors (Lipinski definition) is 1. The van der Waals surface area contributed by atoms with E-state index < -0.39 is 0 Å². The minimum atomic E-state index is 0.199. The summed E-state index contributed by atoms with van der Waals surface area (Å²) in [6.07, 6.45) is 0.710. The first kappa shape index (κ1) is 10.2. The minimum absolute atomic E-state index is 0.199. The van der Waals surface area contributed by atoms with E-state index in [1.165, 1.54) is 5.56 Å². The highest BCUT2D eigenvalue weighted by Crippen LogP contribution is 2.19. The van der Waals surface area contributed by atoms with Gasteiger partial charge in [0.1, 0.15) is 0 Å². The summed E-state index contributed by atoms with van der Waals surface area (Å²) in [6.45, 7) is 0.199. The van der Waals surface area contributed by atoms with Crippen molar-refractivity contribution in [1.82, 2.24) is 0 Å². The lowest BCUT2D eigenvalue weighted by molar-refractivity contribution is 0.299. The smallest absolute Gasteiger partial charge is 0.0471 e. The predicted molar refractivity (Wildman–Crippen MR) is 57.6 cm³/mol. The fourth-order valence-corrected chi connectivity index (χ4v) is 1.82. The molecule has 0 unspecified atom stereocenters. The van der Waals surface area contributed by atoms with Crippen LogP contribution in [0.15, 0.2) is 22.7 Å². The van der Waals surface area contributed by atoms with Crippen molar-refractivity contribution in [3.8, 4) is 0 Å². The Kier molecular flexibility index (Phi) is 4.26. The molecule has 1 nitrogen and oxygen atoms in total. The summed E-state index contributed by atoms with van der Waals surface area (Å²) in [7, 11) is 0. The van der Waals surface area contributed by atoms with E-state index in [9.17, 15) is 0 Å². The van der Waals surface area contributed by atoms with Gasteiger partial charge in [0.25, 0.3) is 0 Å². The molecule has 0 spiro atoms. The summed E-state index contributed by atoms with van der Waals surface area (Å²) in [5.74, 6) is 0. The topological polar surface area (TPSA) is 20.2 Å². The fourth-order valence-electron chi connectivity index (χ4n) is 1.02. The van der Waals surface area contributed by atoms with Crippen molar-refractivity contribution in [2.24, 2.45) is 0 Å². The second-order valence-electron chi connectivity index (χ2n) is 2.53. The molecule has 0 aliphatic carbocycles. The van der Waals surface area contributed by atoms with Crippen LogP contribution in [-0.4, -0.2) is 11.7 Å². The molecule has 0 heterocycles. The van der Waals surface area contributed by atoms with E-state index in [0.717, 1.165) is 15.4 Å². The first-order chi connectivity index (χ1) is 5.77. The second-order valence-corrected chi connectivity index (χ2v) is 3.95. The van der Waals surface area contributed by atoms with Crippen LogP contribution in [0.4, 0.5) is 0 Å². The molecular formula is C9H10Br2O. The van der Waals surface area contributed by atoms with Crippen LogP contribution in [0.5, 0.6) is 0 Å². The zero-order valence-electron chi connectivity index (χ0n) is 6.56. The summed E-state index contributed by atoms with van der Waals surface area (Å²) in [6, 6.07) is 6.16. The highest BCUT2D eigenvalue weighted by atomic mass is 79.9. The van der Waals surface area contributed by atoms with E-state index in [2.05, 4.69) is 44.0 Å². The van der Waals surface area contributed by atoms with Crippen molar-refractivity contribution in [3.05, 3.63) is 33.8 Å². The molecule has 0 saturated carbocycles. The van der Waals surface area contributed by atoms with E-state index in [0.29, 0.717) is 6.42 Å². The Bertz CT molecular complexity index is 261. The summed E-state index contributed by atoms with van der Waals surface area (Å²) < 4.78 is 1.07. The minimum Gasteiger partial charge on any atom is -0.396 e. The third-order valence-corrected chi connectivity index (χ3v) is 3.07. The summed E-state index contributed by atoms with van der Waals surface area (Å²) >= 11 is 6.82. The van der Waals surface area contributed by atoms with Crippen LogP contribution in [0.25, 0.3) is 0 Å². The van der Waals surface area contributed by atoms with Gasteiger partial charge in [0, 0.05) is 16.4 Å². The molecule has 1 N–H and O–H groups in total. The van der Waals surface area contributed by atoms with Gasteiger partial charge in [-0.25, -0.2) is 0 Å². The van der Waals surface area contributed by atoms with E-state index in [1.54, 1.807) is 0 Å². The van der Waals surface area contributed by atoms with Crippen LogP contribution in [-0.2, 0) is 11.8 Å². The van der Waals surface area contributed by atoms with E-state index in [-0.39, 0.29) is 6.61 Å². The van der Waals surface area contributed by atoms with E-state index in [1.807, 2.05) is 6.07 Å². The van der Waals surface area contributed by atoms with Crippen LogP contribution in [0, 0.1) is 0 Å². The molecule has 0 aliphatic rings. The predicted octanol–water partition coefficient (Wildman–Crippen LogP) is 2.88. The number of hydrogen-bond donors (Lipinski definition) is 1. The molecule has 0 aliphatic heterocycles. The Morgan fingerprint density at radius 2 is 2.08 bits per heavy atom. The van der Waals surface area contributed by atoms with Gasteiger partial charge in [0.15, 0.2) is 0 Å². The number of aliphatic hydroxyl groups excluding tert-OH is 1. The van der Waals surface area contributed by atoms with Gasteiger partial charge in [-0.05, 0) is 23.6 Å². The molecular weight excluding hydrogens is 284 g/mol. The van der Waals surface area contributed by atoms with Gasteiger partial charge in [-0.15, -0.1) is 0 Å². The largest absolute Gasteiger partial charge is 0.396 e. The van der Waals surface area contributed by atoms with E-state index >= 15 is 0 Å². The monoisotopic (exact) mass is 292 g/mol. The van der Waals surface area contributed by atoms with Crippen LogP contribution in [0.3, 0.4) is 0 Å². The number of aliphatic hydroxyl groups is 1. The quantitative estimate of drug-likeness (QED) is 0.850. The zero-order chi connectivity index (χ0) is 8.97. The maximum Gasteiger partial charge on any atom is 0.0471 e. The maximum atomic E-state index is 8.78. The molecule has 0 radical (unpaired) electrons. The zero-order valence-corrected chi connectivity index (χ0v) is 9.73. The second kappa shape index (κ2) is 5.00. The highest BCUT2D eigenvalue weighted by Gasteiger charge is 1.99. The van der Waals surface area contributed by atoms with Crippen molar-refractivity contribution < 1.29 is 5.11 Å². The first-order valence-corrected chi connectivity index (χ1v) is 5.63. The number of rotatable bonds is 3. The van der Waals surface area contributed by atoms with Crippen molar-refractivity contribution in [2.45, 2.75) is 11.8 Å². The molecule has 3 heteroatoms. The Hall–Kier alpha value is 0.140. The lowest BCUT2D eigenvalue weighted by Crippen LogP contribution is -1.93. The normalized spacial score (nSPS) is 10.2. The maximum absolute atomic E-state index is 8.78. The fraction of sp³-hybridized carbons (Fsp3) is 0.333. The average Bonchev–Trinajstić information content (AvgIpc) is 2.09. The van der Waals surface area contributed by atoms with Gasteiger partial charge in [-0.1, -0.05) is 44.0 Å². The third kappa shape index (κ3) is 2.57. The molecule has 1 aromatic rings. The van der Waals surface area contributed by atoms with Crippen molar-refractivity contribution in [1.29, 1.82) is 0 Å². The molecule has 0 bridgehead atoms. The average molecular weight is 294 g/mol. The molecule has 12 heavy (non-hydrogen) atoms. The van der Waals surface area contributed by atoms with Crippen molar-refractivity contribution in [3.63, 3.8) is 0 Å². The molecule has 0 saturated heterocycles. The summed E-state index contributed by atoms with van der Waals surface area (Å²) in [5.41, 5.74) is 2.40. The molecule has 1 rings (SSSR count). The lowest BCUT2D eigenvalue weighted by atomic mass is 10.1. The van der Waals surface area contributed by atoms with Crippen LogP contribution in [0.2, 0.25) is 0 Å². The van der Waals surface area contributed by atoms with Crippen LogP contribution in [0.1, 0.15) is 11.1 Å². The Morgan fingerprint density at radius 3 is 2.67 bits per heavy atom. The van der Waals surface area contributed by atoms with Gasteiger partial charge in [0.05, 0.1) is 0 Å². The Labute approximate surface area is 89.1 Å². The molecule has 66 valence electrons. The van der Waals surface area contributed by atoms with Gasteiger partial charge in [-0.2, -0.15) is 0 Å². The molecule has 1 aromatic carbocycles. The Morgan fingerprint density at radius 1 is 1.33 bits per heavy atom. The third-order valence-electron chi connectivity index (χ3n) is 1.65. The summed E-state index contributed by atoms with van der Waals surface area (Å²) in [4.78, 5) is 0. The van der Waals surface area contributed by atoms with Crippen LogP contribution < -0.4 is 0 Å². The lowest BCUT2D eigenvalue weighted by Gasteiger charge is -2.04. The molecule has 0 aromatic heterocycles. The van der Waals surface area contributed by atoms with Crippen LogP contribution >= 0.6 is 31.9 Å². The van der Waals surface area contributed by atoms with Gasteiger partial charge < -0.3 is 5.11 Å².